The highest BCUT2D eigenvalue weighted by Gasteiger charge is 2.19. The lowest BCUT2D eigenvalue weighted by Crippen LogP contribution is -2.43. The topological polar surface area (TPSA) is 116 Å². The van der Waals surface area contributed by atoms with Crippen LogP contribution in [0.15, 0.2) is 24.3 Å². The standard InChI is InChI=1S/C14H17NO6/c1-2-21-14(20)10(8-16)15-13(19)6-4-9-3-5-11(17)12(18)7-9/h3-7,10,16-18H,2,8H2,1H3,(H,15,19)/b6-4+/t10-/m0/s1. The Bertz CT molecular complexity index is 540. The third-order valence-corrected chi connectivity index (χ3v) is 2.50. The lowest BCUT2D eigenvalue weighted by Gasteiger charge is -2.13. The van der Waals surface area contributed by atoms with Gasteiger partial charge in [0, 0.05) is 6.08 Å². The van der Waals surface area contributed by atoms with E-state index in [4.69, 9.17) is 10.2 Å². The van der Waals surface area contributed by atoms with Crippen LogP contribution in [0.25, 0.3) is 6.08 Å². The third-order valence-electron chi connectivity index (χ3n) is 2.50. The van der Waals surface area contributed by atoms with Gasteiger partial charge in [-0.05, 0) is 30.7 Å². The Labute approximate surface area is 121 Å². The molecular weight excluding hydrogens is 278 g/mol. The van der Waals surface area contributed by atoms with E-state index in [1.54, 1.807) is 6.92 Å². The lowest BCUT2D eigenvalue weighted by molar-refractivity contribution is -0.148. The molecule has 7 nitrogen and oxygen atoms in total. The van der Waals surface area contributed by atoms with Gasteiger partial charge in [-0.2, -0.15) is 0 Å². The maximum absolute atomic E-state index is 11.6. The Morgan fingerprint density at radius 3 is 2.62 bits per heavy atom. The van der Waals surface area contributed by atoms with Crippen molar-refractivity contribution in [2.75, 3.05) is 13.2 Å². The summed E-state index contributed by atoms with van der Waals surface area (Å²) >= 11 is 0. The number of carbonyl (C=O) groups excluding carboxylic acids is 2. The minimum atomic E-state index is -1.13. The summed E-state index contributed by atoms with van der Waals surface area (Å²) < 4.78 is 4.69. The molecule has 0 saturated heterocycles. The second-order valence-corrected chi connectivity index (χ2v) is 4.08. The molecule has 0 bridgehead atoms. The molecular formula is C14H17NO6. The van der Waals surface area contributed by atoms with Crippen molar-refractivity contribution in [1.29, 1.82) is 0 Å². The molecule has 0 spiro atoms. The van der Waals surface area contributed by atoms with E-state index >= 15 is 0 Å². The fourth-order valence-corrected chi connectivity index (χ4v) is 1.46. The lowest BCUT2D eigenvalue weighted by atomic mass is 10.2. The van der Waals surface area contributed by atoms with E-state index in [2.05, 4.69) is 10.1 Å². The molecule has 0 heterocycles. The molecule has 0 radical (unpaired) electrons. The molecule has 4 N–H and O–H groups in total. The predicted molar refractivity (Wildman–Crippen MR) is 74.5 cm³/mol. The van der Waals surface area contributed by atoms with E-state index in [1.165, 1.54) is 24.3 Å². The first-order chi connectivity index (χ1) is 9.97. The number of esters is 1. The summed E-state index contributed by atoms with van der Waals surface area (Å²) in [5.41, 5.74) is 0.483. The number of aromatic hydroxyl groups is 2. The van der Waals surface area contributed by atoms with Crippen molar-refractivity contribution in [3.05, 3.63) is 29.8 Å². The minimum Gasteiger partial charge on any atom is -0.504 e. The average molecular weight is 295 g/mol. The van der Waals surface area contributed by atoms with Gasteiger partial charge in [-0.1, -0.05) is 6.07 Å². The van der Waals surface area contributed by atoms with Gasteiger partial charge in [0.1, 0.15) is 0 Å². The Balaban J connectivity index is 2.65. The molecule has 0 aromatic heterocycles. The van der Waals surface area contributed by atoms with Gasteiger partial charge >= 0.3 is 5.97 Å². The summed E-state index contributed by atoms with van der Waals surface area (Å²) in [5.74, 6) is -1.89. The third kappa shape index (κ3) is 5.15. The quantitative estimate of drug-likeness (QED) is 0.337. The highest BCUT2D eigenvalue weighted by molar-refractivity contribution is 5.94. The summed E-state index contributed by atoms with van der Waals surface area (Å²) in [7, 11) is 0. The number of amides is 1. The van der Waals surface area contributed by atoms with Crippen LogP contribution in [-0.2, 0) is 14.3 Å². The highest BCUT2D eigenvalue weighted by Crippen LogP contribution is 2.25. The number of aliphatic hydroxyl groups is 1. The van der Waals surface area contributed by atoms with E-state index in [-0.39, 0.29) is 18.1 Å². The Kier molecular flexibility index (Phi) is 6.22. The van der Waals surface area contributed by atoms with Crippen LogP contribution >= 0.6 is 0 Å². The molecule has 1 amide bonds. The molecule has 114 valence electrons. The summed E-state index contributed by atoms with van der Waals surface area (Å²) in [4.78, 5) is 23.0. The number of benzene rings is 1. The smallest absolute Gasteiger partial charge is 0.331 e. The summed E-state index contributed by atoms with van der Waals surface area (Å²) in [6.45, 7) is 1.19. The van der Waals surface area contributed by atoms with Crippen LogP contribution in [-0.4, -0.2) is 46.5 Å². The van der Waals surface area contributed by atoms with E-state index < -0.39 is 24.5 Å². The first kappa shape index (κ1) is 16.5. The monoisotopic (exact) mass is 295 g/mol. The number of rotatable bonds is 6. The van der Waals surface area contributed by atoms with Gasteiger partial charge in [0.25, 0.3) is 0 Å². The van der Waals surface area contributed by atoms with Gasteiger partial charge in [-0.15, -0.1) is 0 Å². The van der Waals surface area contributed by atoms with Crippen LogP contribution in [0.3, 0.4) is 0 Å². The van der Waals surface area contributed by atoms with Crippen LogP contribution < -0.4 is 5.32 Å². The summed E-state index contributed by atoms with van der Waals surface area (Å²) in [5, 5.41) is 29.8. The van der Waals surface area contributed by atoms with Crippen LogP contribution in [0, 0.1) is 0 Å². The van der Waals surface area contributed by atoms with Crippen molar-refractivity contribution in [1.82, 2.24) is 5.32 Å². The minimum absolute atomic E-state index is 0.147. The zero-order valence-electron chi connectivity index (χ0n) is 11.4. The molecule has 1 aromatic rings. The van der Waals surface area contributed by atoms with E-state index in [0.717, 1.165) is 6.08 Å². The predicted octanol–water partition coefficient (Wildman–Crippen LogP) is 0.151. The van der Waals surface area contributed by atoms with Gasteiger partial charge in [0.05, 0.1) is 13.2 Å². The molecule has 1 atom stereocenters. The SMILES string of the molecule is CCOC(=O)[C@H](CO)NC(=O)/C=C/c1ccc(O)c(O)c1. The van der Waals surface area contributed by atoms with Crippen LogP contribution in [0.4, 0.5) is 0 Å². The number of hydrogen-bond donors (Lipinski definition) is 4. The molecule has 7 heteroatoms. The van der Waals surface area contributed by atoms with Crippen molar-refractivity contribution in [2.24, 2.45) is 0 Å². The van der Waals surface area contributed by atoms with E-state index in [0.29, 0.717) is 5.56 Å². The number of carbonyl (C=O) groups is 2. The summed E-state index contributed by atoms with van der Waals surface area (Å²) in [6, 6.07) is 2.92. The van der Waals surface area contributed by atoms with Crippen molar-refractivity contribution in [3.8, 4) is 11.5 Å². The van der Waals surface area contributed by atoms with Gasteiger partial charge < -0.3 is 25.4 Å². The van der Waals surface area contributed by atoms with E-state index in [1.807, 2.05) is 0 Å². The van der Waals surface area contributed by atoms with Crippen molar-refractivity contribution < 1.29 is 29.6 Å². The highest BCUT2D eigenvalue weighted by atomic mass is 16.5. The molecule has 0 saturated carbocycles. The van der Waals surface area contributed by atoms with Crippen LogP contribution in [0.1, 0.15) is 12.5 Å². The first-order valence-electron chi connectivity index (χ1n) is 6.26. The Morgan fingerprint density at radius 2 is 2.05 bits per heavy atom. The number of phenols is 2. The largest absolute Gasteiger partial charge is 0.504 e. The summed E-state index contributed by atoms with van der Waals surface area (Å²) in [6.07, 6.45) is 2.52. The van der Waals surface area contributed by atoms with Crippen LogP contribution in [0.2, 0.25) is 0 Å². The second-order valence-electron chi connectivity index (χ2n) is 4.08. The molecule has 1 rings (SSSR count). The molecule has 0 fully saturated rings. The second kappa shape index (κ2) is 7.91. The average Bonchev–Trinajstić information content (AvgIpc) is 2.46. The van der Waals surface area contributed by atoms with Gasteiger partial charge in [0.15, 0.2) is 17.5 Å². The number of phenolic OH excluding ortho intramolecular Hbond substituents is 2. The number of aliphatic hydroxyl groups excluding tert-OH is 1. The Morgan fingerprint density at radius 1 is 1.33 bits per heavy atom. The number of nitrogens with one attached hydrogen (secondary N) is 1. The zero-order valence-corrected chi connectivity index (χ0v) is 11.4. The maximum atomic E-state index is 11.6. The molecule has 21 heavy (non-hydrogen) atoms. The van der Waals surface area contributed by atoms with Crippen LogP contribution in [0.5, 0.6) is 11.5 Å². The van der Waals surface area contributed by atoms with Crippen molar-refractivity contribution in [2.45, 2.75) is 13.0 Å². The van der Waals surface area contributed by atoms with Gasteiger partial charge in [-0.3, -0.25) is 4.79 Å². The Hall–Kier alpha value is -2.54. The maximum Gasteiger partial charge on any atom is 0.331 e. The fraction of sp³-hybridized carbons (Fsp3) is 0.286. The first-order valence-corrected chi connectivity index (χ1v) is 6.26. The molecule has 0 aliphatic rings. The fourth-order valence-electron chi connectivity index (χ4n) is 1.46. The molecule has 0 aliphatic carbocycles. The number of ether oxygens (including phenoxy) is 1. The zero-order chi connectivity index (χ0) is 15.8. The van der Waals surface area contributed by atoms with E-state index in [9.17, 15) is 14.7 Å². The van der Waals surface area contributed by atoms with Gasteiger partial charge in [0.2, 0.25) is 5.91 Å². The van der Waals surface area contributed by atoms with Crippen molar-refractivity contribution >= 4 is 18.0 Å². The molecule has 1 aromatic carbocycles. The normalized spacial score (nSPS) is 12.1. The van der Waals surface area contributed by atoms with Gasteiger partial charge in [-0.25, -0.2) is 4.79 Å². The van der Waals surface area contributed by atoms with Crippen molar-refractivity contribution in [3.63, 3.8) is 0 Å². The molecule has 0 unspecified atom stereocenters. The number of hydrogen-bond acceptors (Lipinski definition) is 6. The molecule has 0 aliphatic heterocycles.